The Balaban J connectivity index is 2.13. The van der Waals surface area contributed by atoms with Gasteiger partial charge in [-0.1, -0.05) is 97.1 Å². The number of nitrogens with one attached hydrogen (secondary N) is 1. The lowest BCUT2D eigenvalue weighted by Crippen LogP contribution is -2.44. The van der Waals surface area contributed by atoms with Crippen molar-refractivity contribution >= 4 is 11.9 Å². The summed E-state index contributed by atoms with van der Waals surface area (Å²) in [4.78, 5) is 24.7. The fourth-order valence-electron chi connectivity index (χ4n) is 3.85. The fourth-order valence-corrected chi connectivity index (χ4v) is 3.85. The molecule has 1 atom stereocenters. The number of hydrogen-bond donors (Lipinski definition) is 2. The highest BCUT2D eigenvalue weighted by atomic mass is 16.4. The maximum absolute atomic E-state index is 13.2. The van der Waals surface area contributed by atoms with Gasteiger partial charge in [-0.15, -0.1) is 6.58 Å². The first-order valence-corrected chi connectivity index (χ1v) is 9.87. The van der Waals surface area contributed by atoms with E-state index in [1.807, 2.05) is 91.0 Å². The second-order valence-electron chi connectivity index (χ2n) is 7.16. The highest BCUT2D eigenvalue weighted by Gasteiger charge is 2.39. The van der Waals surface area contributed by atoms with Gasteiger partial charge in [0.2, 0.25) is 5.91 Å². The van der Waals surface area contributed by atoms with E-state index in [1.165, 1.54) is 6.08 Å². The minimum absolute atomic E-state index is 0.0754. The zero-order valence-corrected chi connectivity index (χ0v) is 16.7. The molecule has 0 aliphatic heterocycles. The maximum Gasteiger partial charge on any atom is 0.326 e. The second kappa shape index (κ2) is 9.70. The summed E-state index contributed by atoms with van der Waals surface area (Å²) in [6, 6.07) is 28.5. The van der Waals surface area contributed by atoms with Crippen molar-refractivity contribution in [1.29, 1.82) is 0 Å². The first-order valence-electron chi connectivity index (χ1n) is 9.87. The van der Waals surface area contributed by atoms with Crippen LogP contribution in [0.5, 0.6) is 0 Å². The van der Waals surface area contributed by atoms with E-state index in [2.05, 4.69) is 11.9 Å². The standard InChI is InChI=1S/C26H25NO3/c1-2-12-23(25(29)30)27-24(28)19-26(20-13-6-3-7-14-20,21-15-8-4-9-16-21)22-17-10-5-11-18-22/h2-11,13-18,23H,1,12,19H2,(H,27,28)(H,29,30)/t23-/m1/s1. The Morgan fingerprint density at radius 2 is 1.23 bits per heavy atom. The number of rotatable bonds is 9. The molecular formula is C26H25NO3. The van der Waals surface area contributed by atoms with E-state index in [0.717, 1.165) is 16.7 Å². The van der Waals surface area contributed by atoms with Gasteiger partial charge in [0.25, 0.3) is 0 Å². The lowest BCUT2D eigenvalue weighted by molar-refractivity contribution is -0.141. The summed E-state index contributed by atoms with van der Waals surface area (Å²) in [6.45, 7) is 3.59. The highest BCUT2D eigenvalue weighted by molar-refractivity contribution is 5.85. The van der Waals surface area contributed by atoms with Crippen LogP contribution in [0, 0.1) is 0 Å². The quantitative estimate of drug-likeness (QED) is 0.410. The summed E-state index contributed by atoms with van der Waals surface area (Å²) < 4.78 is 0. The molecule has 3 aromatic rings. The van der Waals surface area contributed by atoms with Crippen LogP contribution >= 0.6 is 0 Å². The molecule has 0 unspecified atom stereocenters. The Kier molecular flexibility index (Phi) is 6.81. The third-order valence-corrected chi connectivity index (χ3v) is 5.26. The van der Waals surface area contributed by atoms with Crippen LogP contribution in [0.1, 0.15) is 29.5 Å². The van der Waals surface area contributed by atoms with Gasteiger partial charge >= 0.3 is 5.97 Å². The number of carbonyl (C=O) groups is 2. The predicted molar refractivity (Wildman–Crippen MR) is 118 cm³/mol. The third kappa shape index (κ3) is 4.49. The second-order valence-corrected chi connectivity index (χ2v) is 7.16. The van der Waals surface area contributed by atoms with Crippen LogP contribution in [-0.4, -0.2) is 23.0 Å². The van der Waals surface area contributed by atoms with Gasteiger partial charge < -0.3 is 10.4 Å². The SMILES string of the molecule is C=CC[C@@H](NC(=O)CC(c1ccccc1)(c1ccccc1)c1ccccc1)C(=O)O. The Labute approximate surface area is 176 Å². The Bertz CT molecular complexity index is 888. The average molecular weight is 399 g/mol. The Morgan fingerprint density at radius 1 is 0.833 bits per heavy atom. The van der Waals surface area contributed by atoms with Gasteiger partial charge in [-0.25, -0.2) is 4.79 Å². The van der Waals surface area contributed by atoms with Crippen molar-refractivity contribution in [3.05, 3.63) is 120 Å². The zero-order chi connectivity index (χ0) is 21.4. The lowest BCUT2D eigenvalue weighted by Gasteiger charge is -2.36. The van der Waals surface area contributed by atoms with Gasteiger partial charge in [-0.05, 0) is 23.1 Å². The molecule has 152 valence electrons. The molecule has 30 heavy (non-hydrogen) atoms. The van der Waals surface area contributed by atoms with E-state index in [-0.39, 0.29) is 18.7 Å². The van der Waals surface area contributed by atoms with E-state index in [9.17, 15) is 14.7 Å². The molecule has 0 bridgehead atoms. The number of amides is 1. The van der Waals surface area contributed by atoms with Crippen molar-refractivity contribution < 1.29 is 14.7 Å². The molecule has 3 rings (SSSR count). The topological polar surface area (TPSA) is 66.4 Å². The number of carbonyl (C=O) groups excluding carboxylic acids is 1. The molecule has 4 nitrogen and oxygen atoms in total. The first-order chi connectivity index (χ1) is 14.6. The lowest BCUT2D eigenvalue weighted by atomic mass is 9.67. The minimum atomic E-state index is -1.08. The highest BCUT2D eigenvalue weighted by Crippen LogP contribution is 2.42. The van der Waals surface area contributed by atoms with E-state index in [1.54, 1.807) is 0 Å². The summed E-state index contributed by atoms with van der Waals surface area (Å²) in [5.74, 6) is -1.41. The van der Waals surface area contributed by atoms with Gasteiger partial charge in [-0.3, -0.25) is 4.79 Å². The van der Waals surface area contributed by atoms with Crippen LogP contribution in [0.15, 0.2) is 104 Å². The van der Waals surface area contributed by atoms with Crippen LogP contribution in [0.25, 0.3) is 0 Å². The van der Waals surface area contributed by atoms with Crippen molar-refractivity contribution in [3.63, 3.8) is 0 Å². The largest absolute Gasteiger partial charge is 0.480 e. The van der Waals surface area contributed by atoms with Gasteiger partial charge in [0.1, 0.15) is 6.04 Å². The zero-order valence-electron chi connectivity index (χ0n) is 16.7. The maximum atomic E-state index is 13.2. The molecule has 4 heteroatoms. The van der Waals surface area contributed by atoms with Gasteiger partial charge in [0.05, 0.1) is 5.41 Å². The molecule has 3 aromatic carbocycles. The smallest absolute Gasteiger partial charge is 0.326 e. The molecule has 2 N–H and O–H groups in total. The van der Waals surface area contributed by atoms with Gasteiger partial charge in [0.15, 0.2) is 0 Å². The molecule has 0 saturated heterocycles. The summed E-state index contributed by atoms with van der Waals surface area (Å²) in [6.07, 6.45) is 1.74. The van der Waals surface area contributed by atoms with Crippen LogP contribution < -0.4 is 5.32 Å². The summed E-state index contributed by atoms with van der Waals surface area (Å²) >= 11 is 0. The van der Waals surface area contributed by atoms with Crippen molar-refractivity contribution in [2.24, 2.45) is 0 Å². The Morgan fingerprint density at radius 3 is 1.57 bits per heavy atom. The molecule has 0 aliphatic rings. The third-order valence-electron chi connectivity index (χ3n) is 5.26. The molecular weight excluding hydrogens is 374 g/mol. The molecule has 0 saturated carbocycles. The number of benzene rings is 3. The van der Waals surface area contributed by atoms with Crippen LogP contribution in [0.2, 0.25) is 0 Å². The molecule has 0 fully saturated rings. The minimum Gasteiger partial charge on any atom is -0.480 e. The predicted octanol–water partition coefficient (Wildman–Crippen LogP) is 4.56. The molecule has 0 aliphatic carbocycles. The number of carboxylic acid groups (broad SMARTS) is 1. The monoisotopic (exact) mass is 399 g/mol. The van der Waals surface area contributed by atoms with Crippen molar-refractivity contribution in [2.75, 3.05) is 0 Å². The van der Waals surface area contributed by atoms with Crippen LogP contribution in [0.3, 0.4) is 0 Å². The van der Waals surface area contributed by atoms with E-state index in [0.29, 0.717) is 0 Å². The van der Waals surface area contributed by atoms with E-state index < -0.39 is 17.4 Å². The van der Waals surface area contributed by atoms with Crippen molar-refractivity contribution in [1.82, 2.24) is 5.32 Å². The van der Waals surface area contributed by atoms with E-state index >= 15 is 0 Å². The summed E-state index contributed by atoms with van der Waals surface area (Å²) in [5.41, 5.74) is 2.14. The van der Waals surface area contributed by atoms with Crippen molar-refractivity contribution in [2.45, 2.75) is 24.3 Å². The molecule has 0 radical (unpaired) electrons. The number of carboxylic acids is 1. The van der Waals surface area contributed by atoms with Crippen LogP contribution in [-0.2, 0) is 15.0 Å². The fraction of sp³-hybridized carbons (Fsp3) is 0.154. The normalized spacial score (nSPS) is 12.0. The van der Waals surface area contributed by atoms with E-state index in [4.69, 9.17) is 0 Å². The summed E-state index contributed by atoms with van der Waals surface area (Å²) in [7, 11) is 0. The molecule has 1 amide bonds. The first kappa shape index (κ1) is 21.1. The van der Waals surface area contributed by atoms with Crippen molar-refractivity contribution in [3.8, 4) is 0 Å². The molecule has 0 spiro atoms. The molecule has 0 heterocycles. The molecule has 0 aromatic heterocycles. The number of aliphatic carboxylic acids is 1. The van der Waals surface area contributed by atoms with Gasteiger partial charge in [0, 0.05) is 6.42 Å². The Hall–Kier alpha value is -3.66. The van der Waals surface area contributed by atoms with Crippen LogP contribution in [0.4, 0.5) is 0 Å². The number of hydrogen-bond acceptors (Lipinski definition) is 2. The average Bonchev–Trinajstić information content (AvgIpc) is 2.79. The van der Waals surface area contributed by atoms with Gasteiger partial charge in [-0.2, -0.15) is 0 Å². The summed E-state index contributed by atoms with van der Waals surface area (Å²) in [5, 5.41) is 12.1.